The first-order valence-corrected chi connectivity index (χ1v) is 7.39. The van der Waals surface area contributed by atoms with E-state index in [-0.39, 0.29) is 5.91 Å². The SMILES string of the molecule is Cc1cc(C)n(CCCC(=O)N(C)C[C@H]2CCOC2)n1. The van der Waals surface area contributed by atoms with E-state index in [0.717, 1.165) is 50.5 Å². The van der Waals surface area contributed by atoms with Crippen LogP contribution < -0.4 is 0 Å². The van der Waals surface area contributed by atoms with E-state index in [1.165, 1.54) is 0 Å². The number of amides is 1. The van der Waals surface area contributed by atoms with Crippen LogP contribution in [0.2, 0.25) is 0 Å². The molecular formula is C15H25N3O2. The molecule has 1 saturated heterocycles. The first-order valence-electron chi connectivity index (χ1n) is 7.39. The summed E-state index contributed by atoms with van der Waals surface area (Å²) in [5.41, 5.74) is 2.19. The first kappa shape index (κ1) is 15.0. The number of hydrogen-bond acceptors (Lipinski definition) is 3. The molecule has 1 atom stereocenters. The molecule has 5 nitrogen and oxygen atoms in total. The highest BCUT2D eigenvalue weighted by Gasteiger charge is 2.19. The molecule has 1 aromatic heterocycles. The highest BCUT2D eigenvalue weighted by atomic mass is 16.5. The van der Waals surface area contributed by atoms with E-state index in [1.54, 1.807) is 0 Å². The fraction of sp³-hybridized carbons (Fsp3) is 0.733. The van der Waals surface area contributed by atoms with Crippen molar-refractivity contribution in [3.8, 4) is 0 Å². The van der Waals surface area contributed by atoms with Crippen LogP contribution >= 0.6 is 0 Å². The van der Waals surface area contributed by atoms with Gasteiger partial charge in [-0.25, -0.2) is 0 Å². The van der Waals surface area contributed by atoms with Crippen molar-refractivity contribution in [3.05, 3.63) is 17.5 Å². The Morgan fingerprint density at radius 1 is 1.55 bits per heavy atom. The van der Waals surface area contributed by atoms with Crippen LogP contribution in [0.25, 0.3) is 0 Å². The van der Waals surface area contributed by atoms with E-state index in [2.05, 4.69) is 11.2 Å². The summed E-state index contributed by atoms with van der Waals surface area (Å²) in [6.45, 7) is 7.30. The molecule has 1 aliphatic heterocycles. The predicted molar refractivity (Wildman–Crippen MR) is 77.5 cm³/mol. The van der Waals surface area contributed by atoms with Gasteiger partial charge >= 0.3 is 0 Å². The Kier molecular flexibility index (Phi) is 5.17. The van der Waals surface area contributed by atoms with Crippen molar-refractivity contribution in [2.45, 2.75) is 39.7 Å². The molecule has 0 aromatic carbocycles. The van der Waals surface area contributed by atoms with Gasteiger partial charge in [0.05, 0.1) is 12.3 Å². The summed E-state index contributed by atoms with van der Waals surface area (Å²) in [4.78, 5) is 13.9. The molecule has 2 heterocycles. The van der Waals surface area contributed by atoms with Gasteiger partial charge in [-0.3, -0.25) is 9.48 Å². The Balaban J connectivity index is 1.70. The molecule has 1 aromatic rings. The Bertz CT molecular complexity index is 450. The minimum atomic E-state index is 0.221. The van der Waals surface area contributed by atoms with Gasteiger partial charge in [0, 0.05) is 44.8 Å². The number of ether oxygens (including phenoxy) is 1. The number of carbonyl (C=O) groups is 1. The van der Waals surface area contributed by atoms with Crippen LogP contribution in [0.1, 0.15) is 30.7 Å². The second-order valence-electron chi connectivity index (χ2n) is 5.76. The number of nitrogens with zero attached hydrogens (tertiary/aromatic N) is 3. The smallest absolute Gasteiger partial charge is 0.222 e. The van der Waals surface area contributed by atoms with Crippen molar-refractivity contribution >= 4 is 5.91 Å². The second-order valence-corrected chi connectivity index (χ2v) is 5.76. The third kappa shape index (κ3) is 4.07. The molecule has 5 heteroatoms. The van der Waals surface area contributed by atoms with Crippen LogP contribution in [0.4, 0.5) is 0 Å². The molecule has 0 N–H and O–H groups in total. The number of hydrogen-bond donors (Lipinski definition) is 0. The molecule has 112 valence electrons. The lowest BCUT2D eigenvalue weighted by molar-refractivity contribution is -0.130. The van der Waals surface area contributed by atoms with Crippen LogP contribution in [0, 0.1) is 19.8 Å². The minimum absolute atomic E-state index is 0.221. The van der Waals surface area contributed by atoms with Gasteiger partial charge in [-0.05, 0) is 32.8 Å². The van der Waals surface area contributed by atoms with E-state index < -0.39 is 0 Å². The molecular weight excluding hydrogens is 254 g/mol. The molecule has 0 unspecified atom stereocenters. The van der Waals surface area contributed by atoms with E-state index in [0.29, 0.717) is 12.3 Å². The summed E-state index contributed by atoms with van der Waals surface area (Å²) >= 11 is 0. The molecule has 20 heavy (non-hydrogen) atoms. The van der Waals surface area contributed by atoms with E-state index in [1.807, 2.05) is 30.5 Å². The van der Waals surface area contributed by atoms with Crippen LogP contribution in [0.3, 0.4) is 0 Å². The van der Waals surface area contributed by atoms with Crippen molar-refractivity contribution in [2.75, 3.05) is 26.8 Å². The normalized spacial score (nSPS) is 18.4. The van der Waals surface area contributed by atoms with E-state index in [4.69, 9.17) is 4.74 Å². The zero-order chi connectivity index (χ0) is 14.5. The number of rotatable bonds is 6. The Hall–Kier alpha value is -1.36. The van der Waals surface area contributed by atoms with Crippen molar-refractivity contribution < 1.29 is 9.53 Å². The van der Waals surface area contributed by atoms with Crippen LogP contribution in [0.5, 0.6) is 0 Å². The molecule has 1 aliphatic rings. The van der Waals surface area contributed by atoms with Gasteiger partial charge in [0.2, 0.25) is 5.91 Å². The molecule has 2 rings (SSSR count). The molecule has 0 saturated carbocycles. The van der Waals surface area contributed by atoms with Crippen LogP contribution in [-0.4, -0.2) is 47.4 Å². The molecule has 1 fully saturated rings. The second kappa shape index (κ2) is 6.88. The van der Waals surface area contributed by atoms with Gasteiger partial charge in [0.25, 0.3) is 0 Å². The molecule has 0 bridgehead atoms. The third-order valence-corrected chi connectivity index (χ3v) is 3.85. The summed E-state index contributed by atoms with van der Waals surface area (Å²) in [5.74, 6) is 0.735. The fourth-order valence-electron chi connectivity index (χ4n) is 2.69. The van der Waals surface area contributed by atoms with Gasteiger partial charge < -0.3 is 9.64 Å². The van der Waals surface area contributed by atoms with Crippen molar-refractivity contribution in [1.82, 2.24) is 14.7 Å². The molecule has 0 spiro atoms. The average molecular weight is 279 g/mol. The number of aryl methyl sites for hydroxylation is 3. The maximum absolute atomic E-state index is 12.1. The van der Waals surface area contributed by atoms with Gasteiger partial charge in [0.15, 0.2) is 0 Å². The Morgan fingerprint density at radius 3 is 2.95 bits per heavy atom. The molecule has 0 radical (unpaired) electrons. The lowest BCUT2D eigenvalue weighted by atomic mass is 10.1. The van der Waals surface area contributed by atoms with Crippen molar-refractivity contribution in [3.63, 3.8) is 0 Å². The molecule has 0 aliphatic carbocycles. The van der Waals surface area contributed by atoms with Crippen LogP contribution in [0.15, 0.2) is 6.07 Å². The average Bonchev–Trinajstić information content (AvgIpc) is 2.99. The van der Waals surface area contributed by atoms with Gasteiger partial charge in [-0.15, -0.1) is 0 Å². The fourth-order valence-corrected chi connectivity index (χ4v) is 2.69. The van der Waals surface area contributed by atoms with Crippen molar-refractivity contribution in [1.29, 1.82) is 0 Å². The zero-order valence-corrected chi connectivity index (χ0v) is 12.8. The van der Waals surface area contributed by atoms with Crippen LogP contribution in [-0.2, 0) is 16.1 Å². The topological polar surface area (TPSA) is 47.4 Å². The molecule has 1 amide bonds. The lowest BCUT2D eigenvalue weighted by Crippen LogP contribution is -2.32. The lowest BCUT2D eigenvalue weighted by Gasteiger charge is -2.20. The summed E-state index contributed by atoms with van der Waals surface area (Å²) in [6, 6.07) is 2.06. The largest absolute Gasteiger partial charge is 0.381 e. The van der Waals surface area contributed by atoms with Gasteiger partial charge in [0.1, 0.15) is 0 Å². The minimum Gasteiger partial charge on any atom is -0.381 e. The predicted octanol–water partition coefficient (Wildman–Crippen LogP) is 1.78. The number of aromatic nitrogens is 2. The van der Waals surface area contributed by atoms with Gasteiger partial charge in [-0.1, -0.05) is 0 Å². The maximum atomic E-state index is 12.1. The maximum Gasteiger partial charge on any atom is 0.222 e. The Labute approximate surface area is 120 Å². The Morgan fingerprint density at radius 2 is 2.35 bits per heavy atom. The monoisotopic (exact) mass is 279 g/mol. The van der Waals surface area contributed by atoms with Crippen molar-refractivity contribution in [2.24, 2.45) is 5.92 Å². The number of carbonyl (C=O) groups excluding carboxylic acids is 1. The summed E-state index contributed by atoms with van der Waals surface area (Å²) in [6.07, 6.45) is 2.50. The summed E-state index contributed by atoms with van der Waals surface area (Å²) < 4.78 is 7.32. The van der Waals surface area contributed by atoms with E-state index >= 15 is 0 Å². The van der Waals surface area contributed by atoms with E-state index in [9.17, 15) is 4.79 Å². The first-order chi connectivity index (χ1) is 9.56. The zero-order valence-electron chi connectivity index (χ0n) is 12.8. The summed E-state index contributed by atoms with van der Waals surface area (Å²) in [7, 11) is 1.89. The highest BCUT2D eigenvalue weighted by Crippen LogP contribution is 2.14. The highest BCUT2D eigenvalue weighted by molar-refractivity contribution is 5.75. The van der Waals surface area contributed by atoms with Gasteiger partial charge in [-0.2, -0.15) is 5.10 Å². The third-order valence-electron chi connectivity index (χ3n) is 3.85. The quantitative estimate of drug-likeness (QED) is 0.797. The summed E-state index contributed by atoms with van der Waals surface area (Å²) in [5, 5.41) is 4.41. The standard InChI is InChI=1S/C15H25N3O2/c1-12-9-13(2)18(16-12)7-4-5-15(19)17(3)10-14-6-8-20-11-14/h9,14H,4-8,10-11H2,1-3H3/t14-/m1/s1.